The molecule has 3 heterocycles. The van der Waals surface area contributed by atoms with E-state index in [0.717, 1.165) is 44.5 Å². The van der Waals surface area contributed by atoms with Crippen LogP contribution < -0.4 is 20.1 Å². The highest BCUT2D eigenvalue weighted by Crippen LogP contribution is 2.51. The third-order valence-corrected chi connectivity index (χ3v) is 17.5. The van der Waals surface area contributed by atoms with Crippen LogP contribution in [0.4, 0.5) is 5.82 Å². The molecular formula is C66H72N7O11P. The molecule has 85 heavy (non-hydrogen) atoms. The Kier molecular flexibility index (Phi) is 19.7. The van der Waals surface area contributed by atoms with Gasteiger partial charge in [0.15, 0.2) is 17.0 Å². The Morgan fingerprint density at radius 2 is 1.35 bits per heavy atom. The Balaban J connectivity index is 0.813. The molecule has 10 rings (SSSR count). The van der Waals surface area contributed by atoms with Gasteiger partial charge < -0.3 is 48.5 Å². The van der Waals surface area contributed by atoms with Crippen molar-refractivity contribution in [3.8, 4) is 22.6 Å². The number of ether oxygens (including phenoxy) is 5. The van der Waals surface area contributed by atoms with Crippen LogP contribution in [0.2, 0.25) is 0 Å². The second-order valence-corrected chi connectivity index (χ2v) is 22.8. The number of aromatic nitrogens is 4. The molecule has 8 aromatic rings. The normalized spacial score (nSPS) is 16.1. The lowest BCUT2D eigenvalue weighted by Crippen LogP contribution is -2.39. The Hall–Kier alpha value is -7.93. The molecule has 1 fully saturated rings. The summed E-state index contributed by atoms with van der Waals surface area (Å²) in [6, 6.07) is 49.0. The highest BCUT2D eigenvalue weighted by molar-refractivity contribution is 7.44. The number of carbonyl (C=O) groups is 3. The molecule has 1 aliphatic heterocycles. The summed E-state index contributed by atoms with van der Waals surface area (Å²) >= 11 is 0. The van der Waals surface area contributed by atoms with Crippen LogP contribution in [0.25, 0.3) is 22.3 Å². The predicted octanol–water partition coefficient (Wildman–Crippen LogP) is 11.3. The largest absolute Gasteiger partial charge is 0.497 e. The van der Waals surface area contributed by atoms with E-state index in [1.54, 1.807) is 44.8 Å². The number of imidazole rings is 1. The molecule has 1 aliphatic carbocycles. The van der Waals surface area contributed by atoms with Crippen molar-refractivity contribution in [3.05, 3.63) is 203 Å². The topological polar surface area (TPSA) is 207 Å². The minimum Gasteiger partial charge on any atom is -0.497 e. The molecule has 2 aliphatic rings. The number of rotatable bonds is 27. The number of carbonyl (C=O) groups excluding carboxylic acids is 3. The summed E-state index contributed by atoms with van der Waals surface area (Å²) in [5.74, 6) is 0.599. The fraction of sp³-hybridized carbons (Fsp3) is 0.333. The van der Waals surface area contributed by atoms with Crippen molar-refractivity contribution >= 4 is 43.3 Å². The quantitative estimate of drug-likeness (QED) is 0.0249. The van der Waals surface area contributed by atoms with E-state index in [2.05, 4.69) is 77.2 Å². The number of benzene rings is 6. The van der Waals surface area contributed by atoms with Crippen LogP contribution in [0.3, 0.4) is 0 Å². The van der Waals surface area contributed by atoms with E-state index in [-0.39, 0.29) is 81.5 Å². The number of aliphatic hydroxyl groups is 1. The second-order valence-electron chi connectivity index (χ2n) is 21.4. The molecule has 18 nitrogen and oxygen atoms in total. The van der Waals surface area contributed by atoms with Gasteiger partial charge in [-0.1, -0.05) is 115 Å². The summed E-state index contributed by atoms with van der Waals surface area (Å²) in [6.07, 6.45) is 1.98. The number of esters is 1. The molecule has 3 N–H and O–H groups in total. The first-order valence-electron chi connectivity index (χ1n) is 28.7. The average molecular weight is 1170 g/mol. The molecule has 6 aromatic carbocycles. The van der Waals surface area contributed by atoms with Crippen molar-refractivity contribution in [1.29, 1.82) is 0 Å². The number of fused-ring (bicyclic) bond motifs is 4. The van der Waals surface area contributed by atoms with E-state index in [4.69, 9.17) is 37.7 Å². The Labute approximate surface area is 496 Å². The first kappa shape index (κ1) is 60.2. The SMILES string of the molecule is COc1ccc(C(OCC2OC(n3cnc4c(NC(=O)c5ccc(CNC(=O)CCCC(=O)OCC6c7ccccc7-c7ccccc76)cc5)ncnc43)CC2OP(OCCO)N(C(C)C)C(C)C)(c2ccccc2)c2ccc(OC)cc2)cc1. The van der Waals surface area contributed by atoms with Crippen LogP contribution in [0.1, 0.15) is 109 Å². The number of methoxy groups -OCH3 is 2. The molecule has 2 amide bonds. The van der Waals surface area contributed by atoms with E-state index in [9.17, 15) is 19.5 Å². The van der Waals surface area contributed by atoms with Gasteiger partial charge >= 0.3 is 5.97 Å². The first-order chi connectivity index (χ1) is 41.4. The highest BCUT2D eigenvalue weighted by atomic mass is 31.2. The van der Waals surface area contributed by atoms with Crippen LogP contribution in [-0.4, -0.2) is 112 Å². The third kappa shape index (κ3) is 13.6. The molecule has 0 saturated carbocycles. The van der Waals surface area contributed by atoms with Crippen LogP contribution in [0.15, 0.2) is 164 Å². The number of anilines is 1. The second kappa shape index (κ2) is 27.8. The lowest BCUT2D eigenvalue weighted by molar-refractivity contribution is -0.144. The van der Waals surface area contributed by atoms with Crippen molar-refractivity contribution in [1.82, 2.24) is 29.5 Å². The van der Waals surface area contributed by atoms with Crippen molar-refractivity contribution < 1.29 is 52.2 Å². The van der Waals surface area contributed by atoms with Crippen LogP contribution in [0, 0.1) is 0 Å². The summed E-state index contributed by atoms with van der Waals surface area (Å²) in [4.78, 5) is 53.3. The third-order valence-electron chi connectivity index (χ3n) is 15.3. The summed E-state index contributed by atoms with van der Waals surface area (Å²) in [5, 5.41) is 15.8. The van der Waals surface area contributed by atoms with E-state index >= 15 is 0 Å². The van der Waals surface area contributed by atoms with Gasteiger partial charge in [-0.3, -0.25) is 19.0 Å². The molecular weight excluding hydrogens is 1100 g/mol. The smallest absolute Gasteiger partial charge is 0.305 e. The van der Waals surface area contributed by atoms with Gasteiger partial charge in [-0.15, -0.1) is 0 Å². The van der Waals surface area contributed by atoms with Crippen LogP contribution >= 0.6 is 8.53 Å². The fourth-order valence-electron chi connectivity index (χ4n) is 11.3. The molecule has 1 saturated heterocycles. The average Bonchev–Trinajstić information content (AvgIpc) is 2.16. The van der Waals surface area contributed by atoms with Crippen molar-refractivity contribution in [2.24, 2.45) is 0 Å². The van der Waals surface area contributed by atoms with E-state index in [1.807, 2.05) is 108 Å². The van der Waals surface area contributed by atoms with Crippen LogP contribution in [0.5, 0.6) is 11.5 Å². The van der Waals surface area contributed by atoms with E-state index < -0.39 is 38.5 Å². The van der Waals surface area contributed by atoms with Gasteiger partial charge in [0.25, 0.3) is 14.4 Å². The zero-order valence-corrected chi connectivity index (χ0v) is 49.5. The van der Waals surface area contributed by atoms with Crippen LogP contribution in [-0.2, 0) is 45.0 Å². The number of hydrogen-bond acceptors (Lipinski definition) is 15. The first-order valence-corrected chi connectivity index (χ1v) is 29.8. The van der Waals surface area contributed by atoms with Gasteiger partial charge in [-0.25, -0.2) is 19.6 Å². The van der Waals surface area contributed by atoms with Gasteiger partial charge in [-0.2, -0.15) is 0 Å². The number of nitrogens with zero attached hydrogens (tertiary/aromatic N) is 5. The van der Waals surface area contributed by atoms with Gasteiger partial charge in [0.1, 0.15) is 42.4 Å². The molecule has 2 aromatic heterocycles. The Morgan fingerprint density at radius 3 is 1.96 bits per heavy atom. The Morgan fingerprint density at radius 1 is 0.741 bits per heavy atom. The minimum absolute atomic E-state index is 0.0273. The summed E-state index contributed by atoms with van der Waals surface area (Å²) in [7, 11) is 1.55. The molecule has 0 spiro atoms. The number of aliphatic hydroxyl groups excluding tert-OH is 1. The predicted molar refractivity (Wildman–Crippen MR) is 324 cm³/mol. The molecule has 19 heteroatoms. The Bertz CT molecular complexity index is 3430. The van der Waals surface area contributed by atoms with E-state index in [0.29, 0.717) is 41.1 Å². The summed E-state index contributed by atoms with van der Waals surface area (Å²) in [6.45, 7) is 8.75. The molecule has 442 valence electrons. The maximum atomic E-state index is 13.8. The monoisotopic (exact) mass is 1170 g/mol. The van der Waals surface area contributed by atoms with Gasteiger partial charge in [0.2, 0.25) is 5.91 Å². The van der Waals surface area contributed by atoms with Gasteiger partial charge in [0.05, 0.1) is 46.5 Å². The number of amides is 2. The standard InChI is InChI=1S/C66H72N7O11P/c1-43(2)73(44(3)4)85(82-36-35-74)84-57-37-60(83-58(57)40-81-66(47-15-8-7-9-16-47,48-27-31-50(78-5)32-28-48)49-29-33-51(79-6)34-30-49)72-42-70-62-63(68-41-69-64(62)72)71-65(77)46-25-23-45(24-26-46)38-67-59(75)21-14-22-61(76)80-39-56-54-19-12-10-17-52(54)53-18-11-13-20-55(53)56/h7-13,15-20,23-34,41-44,56-58,60,74H,14,21-22,35-40H2,1-6H3,(H,67,75)(H,68,69,71,77). The lowest BCUT2D eigenvalue weighted by atomic mass is 9.80. The van der Waals surface area contributed by atoms with Gasteiger partial charge in [-0.05, 0) is 115 Å². The summed E-state index contributed by atoms with van der Waals surface area (Å²) < 4.78 is 48.7. The maximum Gasteiger partial charge on any atom is 0.305 e. The summed E-state index contributed by atoms with van der Waals surface area (Å²) in [5.41, 5.74) is 7.93. The fourth-order valence-corrected chi connectivity index (χ4v) is 13.0. The number of nitrogens with one attached hydrogen (secondary N) is 2. The van der Waals surface area contributed by atoms with Crippen molar-refractivity contribution in [2.45, 2.75) is 102 Å². The zero-order chi connectivity index (χ0) is 59.5. The minimum atomic E-state index is -1.72. The maximum absolute atomic E-state index is 13.8. The van der Waals surface area contributed by atoms with Gasteiger partial charge in [0, 0.05) is 49.4 Å². The molecule has 4 unspecified atom stereocenters. The number of hydrogen-bond donors (Lipinski definition) is 3. The van der Waals surface area contributed by atoms with E-state index in [1.165, 1.54) is 6.33 Å². The molecule has 0 radical (unpaired) electrons. The van der Waals surface area contributed by atoms with Crippen molar-refractivity contribution in [2.75, 3.05) is 46.0 Å². The lowest BCUT2D eigenvalue weighted by Gasteiger charge is -2.39. The molecule has 0 bridgehead atoms. The van der Waals surface area contributed by atoms with Crippen molar-refractivity contribution in [3.63, 3.8) is 0 Å². The highest BCUT2D eigenvalue weighted by Gasteiger charge is 2.45. The molecule has 4 atom stereocenters. The zero-order valence-electron chi connectivity index (χ0n) is 48.6.